The molecule has 0 aliphatic rings. The van der Waals surface area contributed by atoms with Gasteiger partial charge in [-0.3, -0.25) is 4.79 Å². The molecule has 0 fully saturated rings. The van der Waals surface area contributed by atoms with Crippen LogP contribution in [0.1, 0.15) is 12.5 Å². The van der Waals surface area contributed by atoms with Gasteiger partial charge in [-0.15, -0.1) is 0 Å². The van der Waals surface area contributed by atoms with Crippen molar-refractivity contribution < 1.29 is 4.74 Å². The lowest BCUT2D eigenvalue weighted by Gasteiger charge is -2.10. The molecule has 0 aliphatic carbocycles. The number of pyridine rings is 1. The van der Waals surface area contributed by atoms with Crippen molar-refractivity contribution in [1.82, 2.24) is 4.98 Å². The number of aromatic nitrogens is 1. The van der Waals surface area contributed by atoms with Crippen molar-refractivity contribution in [2.75, 3.05) is 11.9 Å². The Morgan fingerprint density at radius 3 is 2.64 bits per heavy atom. The number of fused-ring (bicyclic) bond motifs is 1. The van der Waals surface area contributed by atoms with E-state index in [1.54, 1.807) is 6.07 Å². The number of para-hydroxylation sites is 1. The fourth-order valence-electron chi connectivity index (χ4n) is 2.46. The summed E-state index contributed by atoms with van der Waals surface area (Å²) in [7, 11) is 0. The Morgan fingerprint density at radius 1 is 1.09 bits per heavy atom. The first kappa shape index (κ1) is 14.2. The topological polar surface area (TPSA) is 54.1 Å². The molecule has 0 saturated heterocycles. The first-order chi connectivity index (χ1) is 10.8. The third kappa shape index (κ3) is 3.11. The van der Waals surface area contributed by atoms with E-state index in [1.165, 1.54) is 0 Å². The molecule has 0 saturated carbocycles. The van der Waals surface area contributed by atoms with Gasteiger partial charge < -0.3 is 15.0 Å². The second-order valence-corrected chi connectivity index (χ2v) is 5.02. The minimum atomic E-state index is -0.0813. The van der Waals surface area contributed by atoms with Crippen molar-refractivity contribution in [3.05, 3.63) is 70.5 Å². The summed E-state index contributed by atoms with van der Waals surface area (Å²) in [6.07, 6.45) is 0. The standard InChI is InChI=1S/C18H18N2O2/c1-2-22-15-9-7-14(8-10-15)19-12-13-11-18(21)20-17-6-4-3-5-16(13)17/h3-11,19H,2,12H2,1H3,(H,20,21). The second kappa shape index (κ2) is 6.35. The Labute approximate surface area is 128 Å². The van der Waals surface area contributed by atoms with Crippen LogP contribution in [0.25, 0.3) is 10.9 Å². The molecule has 0 atom stereocenters. The smallest absolute Gasteiger partial charge is 0.248 e. The van der Waals surface area contributed by atoms with Crippen molar-refractivity contribution in [3.8, 4) is 5.75 Å². The van der Waals surface area contributed by atoms with Crippen molar-refractivity contribution >= 4 is 16.6 Å². The molecular formula is C18H18N2O2. The molecule has 1 aromatic heterocycles. The van der Waals surface area contributed by atoms with Crippen molar-refractivity contribution in [1.29, 1.82) is 0 Å². The maximum absolute atomic E-state index is 11.7. The predicted octanol–water partition coefficient (Wildman–Crippen LogP) is 3.54. The number of benzene rings is 2. The molecule has 2 N–H and O–H groups in total. The predicted molar refractivity (Wildman–Crippen MR) is 89.5 cm³/mol. The van der Waals surface area contributed by atoms with Gasteiger partial charge >= 0.3 is 0 Å². The Kier molecular flexibility index (Phi) is 4.10. The zero-order valence-corrected chi connectivity index (χ0v) is 12.4. The normalized spacial score (nSPS) is 10.6. The van der Waals surface area contributed by atoms with Gasteiger partial charge in [0.25, 0.3) is 0 Å². The highest BCUT2D eigenvalue weighted by molar-refractivity contribution is 5.82. The number of aromatic amines is 1. The van der Waals surface area contributed by atoms with E-state index in [0.717, 1.165) is 27.9 Å². The number of rotatable bonds is 5. The highest BCUT2D eigenvalue weighted by Gasteiger charge is 2.03. The molecule has 3 aromatic rings. The molecule has 3 rings (SSSR count). The van der Waals surface area contributed by atoms with E-state index in [-0.39, 0.29) is 5.56 Å². The van der Waals surface area contributed by atoms with Gasteiger partial charge in [-0.1, -0.05) is 18.2 Å². The van der Waals surface area contributed by atoms with Crippen LogP contribution >= 0.6 is 0 Å². The van der Waals surface area contributed by atoms with E-state index >= 15 is 0 Å². The van der Waals surface area contributed by atoms with Gasteiger partial charge in [0.15, 0.2) is 0 Å². The Balaban J connectivity index is 1.80. The molecule has 0 spiro atoms. The largest absolute Gasteiger partial charge is 0.494 e. The zero-order valence-electron chi connectivity index (χ0n) is 12.4. The molecule has 22 heavy (non-hydrogen) atoms. The van der Waals surface area contributed by atoms with Gasteiger partial charge in [0.1, 0.15) is 5.75 Å². The fourth-order valence-corrected chi connectivity index (χ4v) is 2.46. The van der Waals surface area contributed by atoms with E-state index < -0.39 is 0 Å². The lowest BCUT2D eigenvalue weighted by atomic mass is 10.1. The molecule has 112 valence electrons. The van der Waals surface area contributed by atoms with Crippen molar-refractivity contribution in [2.24, 2.45) is 0 Å². The molecule has 1 heterocycles. The number of ether oxygens (including phenoxy) is 1. The first-order valence-corrected chi connectivity index (χ1v) is 7.34. The lowest BCUT2D eigenvalue weighted by Crippen LogP contribution is -2.09. The van der Waals surface area contributed by atoms with Gasteiger partial charge in [-0.2, -0.15) is 0 Å². The van der Waals surface area contributed by atoms with Crippen LogP contribution in [0.3, 0.4) is 0 Å². The Morgan fingerprint density at radius 2 is 1.86 bits per heavy atom. The van der Waals surface area contributed by atoms with Crippen LogP contribution in [-0.2, 0) is 6.54 Å². The molecule has 0 unspecified atom stereocenters. The van der Waals surface area contributed by atoms with E-state index in [2.05, 4.69) is 10.3 Å². The molecule has 0 amide bonds. The highest BCUT2D eigenvalue weighted by Crippen LogP contribution is 2.18. The van der Waals surface area contributed by atoms with Crippen LogP contribution in [0.15, 0.2) is 59.4 Å². The second-order valence-electron chi connectivity index (χ2n) is 5.02. The van der Waals surface area contributed by atoms with Gasteiger partial charge in [0.2, 0.25) is 5.56 Å². The number of nitrogens with one attached hydrogen (secondary N) is 2. The summed E-state index contributed by atoms with van der Waals surface area (Å²) in [6, 6.07) is 17.3. The van der Waals surface area contributed by atoms with Gasteiger partial charge in [-0.05, 0) is 42.8 Å². The van der Waals surface area contributed by atoms with E-state index in [9.17, 15) is 4.79 Å². The molecule has 0 bridgehead atoms. The van der Waals surface area contributed by atoms with E-state index in [4.69, 9.17) is 4.74 Å². The third-order valence-corrected chi connectivity index (χ3v) is 3.48. The summed E-state index contributed by atoms with van der Waals surface area (Å²) in [5.41, 5.74) is 2.75. The summed E-state index contributed by atoms with van der Waals surface area (Å²) in [5.74, 6) is 0.856. The molecule has 0 radical (unpaired) electrons. The average Bonchev–Trinajstić information content (AvgIpc) is 2.54. The molecule has 4 heteroatoms. The maximum Gasteiger partial charge on any atom is 0.248 e. The quantitative estimate of drug-likeness (QED) is 0.756. The lowest BCUT2D eigenvalue weighted by molar-refractivity contribution is 0.340. The van der Waals surface area contributed by atoms with Crippen LogP contribution in [0.5, 0.6) is 5.75 Å². The van der Waals surface area contributed by atoms with Gasteiger partial charge in [0, 0.05) is 29.2 Å². The molecule has 0 aliphatic heterocycles. The van der Waals surface area contributed by atoms with Gasteiger partial charge in [0.05, 0.1) is 6.61 Å². The zero-order chi connectivity index (χ0) is 15.4. The summed E-state index contributed by atoms with van der Waals surface area (Å²) in [5, 5.41) is 4.40. The fraction of sp³-hybridized carbons (Fsp3) is 0.167. The minimum Gasteiger partial charge on any atom is -0.494 e. The summed E-state index contributed by atoms with van der Waals surface area (Å²) >= 11 is 0. The third-order valence-electron chi connectivity index (χ3n) is 3.48. The molecular weight excluding hydrogens is 276 g/mol. The molecule has 4 nitrogen and oxygen atoms in total. The SMILES string of the molecule is CCOc1ccc(NCc2cc(=O)[nH]c3ccccc23)cc1. The van der Waals surface area contributed by atoms with Gasteiger partial charge in [-0.25, -0.2) is 0 Å². The summed E-state index contributed by atoms with van der Waals surface area (Å²) in [6.45, 7) is 3.22. The number of anilines is 1. The Bertz CT molecular complexity index is 822. The minimum absolute atomic E-state index is 0.0813. The number of hydrogen-bond donors (Lipinski definition) is 2. The Hall–Kier alpha value is -2.75. The van der Waals surface area contributed by atoms with Crippen LogP contribution < -0.4 is 15.6 Å². The van der Waals surface area contributed by atoms with E-state index in [0.29, 0.717) is 13.2 Å². The maximum atomic E-state index is 11.7. The molecule has 2 aromatic carbocycles. The number of H-pyrrole nitrogens is 1. The van der Waals surface area contributed by atoms with E-state index in [1.807, 2.05) is 55.5 Å². The van der Waals surface area contributed by atoms with Crippen molar-refractivity contribution in [3.63, 3.8) is 0 Å². The first-order valence-electron chi connectivity index (χ1n) is 7.34. The van der Waals surface area contributed by atoms with Crippen molar-refractivity contribution in [2.45, 2.75) is 13.5 Å². The monoisotopic (exact) mass is 294 g/mol. The van der Waals surface area contributed by atoms with Crippen LogP contribution in [0, 0.1) is 0 Å². The average molecular weight is 294 g/mol. The summed E-state index contributed by atoms with van der Waals surface area (Å²) < 4.78 is 5.42. The van der Waals surface area contributed by atoms with Crippen LogP contribution in [0.2, 0.25) is 0 Å². The van der Waals surface area contributed by atoms with Crippen LogP contribution in [0.4, 0.5) is 5.69 Å². The summed E-state index contributed by atoms with van der Waals surface area (Å²) in [4.78, 5) is 14.6. The van der Waals surface area contributed by atoms with Crippen LogP contribution in [-0.4, -0.2) is 11.6 Å². The number of hydrogen-bond acceptors (Lipinski definition) is 3. The highest BCUT2D eigenvalue weighted by atomic mass is 16.5.